The second-order valence-electron chi connectivity index (χ2n) is 4.85. The minimum absolute atomic E-state index is 0.0332. The Balaban J connectivity index is 1.60. The Morgan fingerprint density at radius 3 is 2.70 bits per heavy atom. The van der Waals surface area contributed by atoms with Gasteiger partial charge in [-0.05, 0) is 36.1 Å². The van der Waals surface area contributed by atoms with E-state index in [4.69, 9.17) is 0 Å². The normalized spacial score (nSPS) is 10.7. The predicted octanol–water partition coefficient (Wildman–Crippen LogP) is 3.39. The van der Waals surface area contributed by atoms with Gasteiger partial charge in [0.25, 0.3) is 5.91 Å². The molecule has 23 heavy (non-hydrogen) atoms. The fraction of sp³-hybridized carbons (Fsp3) is 0.125. The van der Waals surface area contributed by atoms with Crippen molar-refractivity contribution in [2.75, 3.05) is 6.54 Å². The smallest absolute Gasteiger partial charge is 0.271 e. The van der Waals surface area contributed by atoms with Crippen LogP contribution >= 0.6 is 11.3 Å². The summed E-state index contributed by atoms with van der Waals surface area (Å²) >= 11 is 1.53. The Morgan fingerprint density at radius 1 is 1.22 bits per heavy atom. The predicted molar refractivity (Wildman–Crippen MR) is 84.3 cm³/mol. The molecule has 0 aliphatic rings. The molecule has 118 valence electrons. The van der Waals surface area contributed by atoms with Gasteiger partial charge in [0.05, 0.1) is 10.6 Å². The Bertz CT molecular complexity index is 794. The van der Waals surface area contributed by atoms with E-state index in [0.29, 0.717) is 0 Å². The number of benzene rings is 1. The van der Waals surface area contributed by atoms with Gasteiger partial charge in [0, 0.05) is 12.1 Å². The Labute approximate surface area is 135 Å². The summed E-state index contributed by atoms with van der Waals surface area (Å²) in [6.07, 6.45) is 0.0758. The Kier molecular flexibility index (Phi) is 4.47. The fourth-order valence-electron chi connectivity index (χ4n) is 2.16. The van der Waals surface area contributed by atoms with Crippen LogP contribution in [0, 0.1) is 11.6 Å². The van der Waals surface area contributed by atoms with Gasteiger partial charge in [0.2, 0.25) is 0 Å². The van der Waals surface area contributed by atoms with Gasteiger partial charge in [-0.1, -0.05) is 12.1 Å². The van der Waals surface area contributed by atoms with Crippen LogP contribution in [0.25, 0.3) is 10.6 Å². The zero-order valence-corrected chi connectivity index (χ0v) is 12.8. The van der Waals surface area contributed by atoms with Gasteiger partial charge < -0.3 is 5.32 Å². The third-order valence-corrected chi connectivity index (χ3v) is 4.22. The Hall–Kier alpha value is -2.54. The summed E-state index contributed by atoms with van der Waals surface area (Å²) in [5, 5.41) is 11.3. The van der Waals surface area contributed by atoms with Gasteiger partial charge in [-0.25, -0.2) is 8.78 Å². The minimum Gasteiger partial charge on any atom is -0.350 e. The molecule has 2 N–H and O–H groups in total. The zero-order chi connectivity index (χ0) is 16.2. The first-order valence-electron chi connectivity index (χ1n) is 6.95. The SMILES string of the molecule is O=C(NCCc1c(F)cccc1F)c1cc(-c2cccs2)[nH]n1. The maximum Gasteiger partial charge on any atom is 0.271 e. The lowest BCUT2D eigenvalue weighted by Crippen LogP contribution is -2.26. The molecule has 3 rings (SSSR count). The van der Waals surface area contributed by atoms with Crippen molar-refractivity contribution in [2.45, 2.75) is 6.42 Å². The molecule has 2 heterocycles. The third kappa shape index (κ3) is 3.45. The number of hydrogen-bond donors (Lipinski definition) is 2. The average molecular weight is 333 g/mol. The van der Waals surface area contributed by atoms with E-state index in [1.807, 2.05) is 17.5 Å². The summed E-state index contributed by atoms with van der Waals surface area (Å²) in [6, 6.07) is 9.17. The number of thiophene rings is 1. The first kappa shape index (κ1) is 15.4. The molecule has 1 aromatic carbocycles. The molecule has 3 aromatic rings. The molecule has 0 saturated carbocycles. The van der Waals surface area contributed by atoms with Crippen LogP contribution in [0.15, 0.2) is 41.8 Å². The van der Waals surface area contributed by atoms with E-state index in [0.717, 1.165) is 10.6 Å². The number of rotatable bonds is 5. The van der Waals surface area contributed by atoms with Crippen LogP contribution in [-0.2, 0) is 6.42 Å². The molecule has 0 saturated heterocycles. The summed E-state index contributed by atoms with van der Waals surface area (Å²) < 4.78 is 27.0. The van der Waals surface area contributed by atoms with Gasteiger partial charge >= 0.3 is 0 Å². The molecule has 0 aliphatic carbocycles. The number of halogens is 2. The largest absolute Gasteiger partial charge is 0.350 e. The second kappa shape index (κ2) is 6.70. The van der Waals surface area contributed by atoms with E-state index in [-0.39, 0.29) is 30.1 Å². The summed E-state index contributed by atoms with van der Waals surface area (Å²) in [4.78, 5) is 13.0. The number of aromatic amines is 1. The van der Waals surface area contributed by atoms with Crippen molar-refractivity contribution in [3.8, 4) is 10.6 Å². The molecular formula is C16H13F2N3OS. The first-order valence-corrected chi connectivity index (χ1v) is 7.83. The van der Waals surface area contributed by atoms with Crippen molar-refractivity contribution in [1.82, 2.24) is 15.5 Å². The van der Waals surface area contributed by atoms with Crippen LogP contribution in [0.3, 0.4) is 0 Å². The van der Waals surface area contributed by atoms with Gasteiger partial charge in [0.15, 0.2) is 5.69 Å². The highest BCUT2D eigenvalue weighted by Gasteiger charge is 2.13. The first-order chi connectivity index (χ1) is 11.1. The average Bonchev–Trinajstić information content (AvgIpc) is 3.20. The molecule has 1 amide bonds. The van der Waals surface area contributed by atoms with Crippen molar-refractivity contribution in [3.63, 3.8) is 0 Å². The molecule has 0 aliphatic heterocycles. The molecule has 7 heteroatoms. The van der Waals surface area contributed by atoms with E-state index in [1.54, 1.807) is 6.07 Å². The quantitative estimate of drug-likeness (QED) is 0.752. The van der Waals surface area contributed by atoms with Crippen LogP contribution in [0.2, 0.25) is 0 Å². The van der Waals surface area contributed by atoms with Crippen LogP contribution < -0.4 is 5.32 Å². The van der Waals surface area contributed by atoms with Gasteiger partial charge in [-0.3, -0.25) is 9.89 Å². The molecule has 4 nitrogen and oxygen atoms in total. The standard InChI is InChI=1S/C16H13F2N3OS/c17-11-3-1-4-12(18)10(11)6-7-19-16(22)14-9-13(20-21-14)15-5-2-8-23-15/h1-5,8-9H,6-7H2,(H,19,22)(H,20,21). The van der Waals surface area contributed by atoms with Crippen molar-refractivity contribution < 1.29 is 13.6 Å². The number of nitrogens with zero attached hydrogens (tertiary/aromatic N) is 1. The summed E-state index contributed by atoms with van der Waals surface area (Å²) in [5.41, 5.74) is 0.960. The van der Waals surface area contributed by atoms with E-state index in [1.165, 1.54) is 29.5 Å². The number of amides is 1. The van der Waals surface area contributed by atoms with Gasteiger partial charge in [-0.15, -0.1) is 11.3 Å². The molecule has 0 radical (unpaired) electrons. The molecule has 0 unspecified atom stereocenters. The fourth-order valence-corrected chi connectivity index (χ4v) is 2.85. The van der Waals surface area contributed by atoms with E-state index >= 15 is 0 Å². The second-order valence-corrected chi connectivity index (χ2v) is 5.80. The number of aromatic nitrogens is 2. The lowest BCUT2D eigenvalue weighted by Gasteiger charge is -2.05. The molecule has 0 atom stereocenters. The Morgan fingerprint density at radius 2 is 2.00 bits per heavy atom. The molecule has 0 spiro atoms. The number of hydrogen-bond acceptors (Lipinski definition) is 3. The van der Waals surface area contributed by atoms with E-state index in [2.05, 4.69) is 15.5 Å². The molecular weight excluding hydrogens is 320 g/mol. The number of H-pyrrole nitrogens is 1. The number of carbonyl (C=O) groups excluding carboxylic acids is 1. The van der Waals surface area contributed by atoms with Gasteiger partial charge in [0.1, 0.15) is 11.6 Å². The maximum atomic E-state index is 13.5. The summed E-state index contributed by atoms with van der Waals surface area (Å²) in [7, 11) is 0. The van der Waals surface area contributed by atoms with Crippen LogP contribution in [-0.4, -0.2) is 22.6 Å². The summed E-state index contributed by atoms with van der Waals surface area (Å²) in [5.74, 6) is -1.61. The highest BCUT2D eigenvalue weighted by atomic mass is 32.1. The maximum absolute atomic E-state index is 13.5. The highest BCUT2D eigenvalue weighted by molar-refractivity contribution is 7.13. The van der Waals surface area contributed by atoms with Crippen LogP contribution in [0.4, 0.5) is 8.78 Å². The number of carbonyl (C=O) groups is 1. The molecule has 0 fully saturated rings. The van der Waals surface area contributed by atoms with Crippen molar-refractivity contribution in [2.24, 2.45) is 0 Å². The molecule has 0 bridgehead atoms. The van der Waals surface area contributed by atoms with Crippen molar-refractivity contribution >= 4 is 17.2 Å². The topological polar surface area (TPSA) is 57.8 Å². The number of nitrogens with one attached hydrogen (secondary N) is 2. The minimum atomic E-state index is -0.612. The monoisotopic (exact) mass is 333 g/mol. The van der Waals surface area contributed by atoms with Crippen LogP contribution in [0.5, 0.6) is 0 Å². The van der Waals surface area contributed by atoms with Crippen molar-refractivity contribution in [3.05, 3.63) is 64.7 Å². The van der Waals surface area contributed by atoms with Gasteiger partial charge in [-0.2, -0.15) is 5.10 Å². The molecule has 2 aromatic heterocycles. The van der Waals surface area contributed by atoms with Crippen molar-refractivity contribution in [1.29, 1.82) is 0 Å². The lowest BCUT2D eigenvalue weighted by molar-refractivity contribution is 0.0949. The lowest BCUT2D eigenvalue weighted by atomic mass is 10.1. The van der Waals surface area contributed by atoms with E-state index < -0.39 is 11.6 Å². The third-order valence-electron chi connectivity index (χ3n) is 3.32. The van der Waals surface area contributed by atoms with E-state index in [9.17, 15) is 13.6 Å². The zero-order valence-electron chi connectivity index (χ0n) is 12.0. The summed E-state index contributed by atoms with van der Waals surface area (Å²) in [6.45, 7) is 0.123. The highest BCUT2D eigenvalue weighted by Crippen LogP contribution is 2.22. The van der Waals surface area contributed by atoms with Crippen LogP contribution in [0.1, 0.15) is 16.1 Å².